The molecule has 0 saturated heterocycles. The summed E-state index contributed by atoms with van der Waals surface area (Å²) in [4.78, 5) is 0. The third-order valence-corrected chi connectivity index (χ3v) is 5.62. The van der Waals surface area contributed by atoms with Gasteiger partial charge in [0.2, 0.25) is 0 Å². The minimum absolute atomic E-state index is 0.967. The van der Waals surface area contributed by atoms with Crippen LogP contribution in [0, 0.1) is 29.6 Å². The van der Waals surface area contributed by atoms with Crippen LogP contribution in [0.5, 0.6) is 0 Å². The molecule has 0 spiro atoms. The van der Waals surface area contributed by atoms with E-state index in [0.29, 0.717) is 0 Å². The van der Waals surface area contributed by atoms with E-state index in [-0.39, 0.29) is 0 Å². The van der Waals surface area contributed by atoms with Gasteiger partial charge in [-0.15, -0.1) is 0 Å². The van der Waals surface area contributed by atoms with E-state index in [1.165, 1.54) is 45.1 Å². The van der Waals surface area contributed by atoms with Gasteiger partial charge < -0.3 is 5.32 Å². The molecule has 2 saturated carbocycles. The molecule has 1 heteroatoms. The van der Waals surface area contributed by atoms with Crippen LogP contribution in [0.3, 0.4) is 0 Å². The van der Waals surface area contributed by atoms with Gasteiger partial charge in [-0.1, -0.05) is 33.6 Å². The smallest absolute Gasteiger partial charge is 0.00179 e. The Balaban J connectivity index is 1.87. The Bertz CT molecular complexity index is 226. The van der Waals surface area contributed by atoms with Crippen molar-refractivity contribution in [2.45, 2.75) is 59.3 Å². The lowest BCUT2D eigenvalue weighted by atomic mass is 9.69. The van der Waals surface area contributed by atoms with Crippen molar-refractivity contribution in [3.63, 3.8) is 0 Å². The summed E-state index contributed by atoms with van der Waals surface area (Å²) < 4.78 is 0. The van der Waals surface area contributed by atoms with Crippen molar-refractivity contribution in [1.29, 1.82) is 0 Å². The molecular formula is C16H31N. The molecule has 100 valence electrons. The van der Waals surface area contributed by atoms with E-state index in [0.717, 1.165) is 36.1 Å². The van der Waals surface area contributed by atoms with Crippen molar-refractivity contribution in [1.82, 2.24) is 5.32 Å². The molecule has 1 N–H and O–H groups in total. The summed E-state index contributed by atoms with van der Waals surface area (Å²) in [5.74, 6) is 5.02. The van der Waals surface area contributed by atoms with Crippen LogP contribution in [0.15, 0.2) is 0 Å². The average Bonchev–Trinajstić information content (AvgIpc) is 2.78. The number of hydrogen-bond acceptors (Lipinski definition) is 1. The van der Waals surface area contributed by atoms with Crippen molar-refractivity contribution in [2.75, 3.05) is 13.1 Å². The van der Waals surface area contributed by atoms with Gasteiger partial charge in [0.15, 0.2) is 0 Å². The van der Waals surface area contributed by atoms with Crippen LogP contribution < -0.4 is 5.32 Å². The molecule has 2 fully saturated rings. The number of rotatable bonds is 4. The Hall–Kier alpha value is -0.0400. The Morgan fingerprint density at radius 2 is 1.82 bits per heavy atom. The monoisotopic (exact) mass is 237 g/mol. The number of hydrogen-bond donors (Lipinski definition) is 1. The molecule has 0 radical (unpaired) electrons. The molecule has 0 bridgehead atoms. The highest BCUT2D eigenvalue weighted by Crippen LogP contribution is 2.45. The van der Waals surface area contributed by atoms with E-state index in [1.54, 1.807) is 0 Å². The Morgan fingerprint density at radius 3 is 2.53 bits per heavy atom. The molecule has 0 heterocycles. The van der Waals surface area contributed by atoms with E-state index in [4.69, 9.17) is 0 Å². The summed E-state index contributed by atoms with van der Waals surface area (Å²) in [6.45, 7) is 9.58. The van der Waals surface area contributed by atoms with Gasteiger partial charge in [0.1, 0.15) is 0 Å². The van der Waals surface area contributed by atoms with Crippen molar-refractivity contribution < 1.29 is 0 Å². The normalized spacial score (nSPS) is 42.9. The van der Waals surface area contributed by atoms with Gasteiger partial charge in [-0.25, -0.2) is 0 Å². The van der Waals surface area contributed by atoms with Crippen LogP contribution in [0.25, 0.3) is 0 Å². The van der Waals surface area contributed by atoms with E-state index >= 15 is 0 Å². The van der Waals surface area contributed by atoms with E-state index in [2.05, 4.69) is 26.1 Å². The fourth-order valence-electron chi connectivity index (χ4n) is 4.25. The first-order chi connectivity index (χ1) is 8.22. The summed E-state index contributed by atoms with van der Waals surface area (Å²) in [7, 11) is 0. The lowest BCUT2D eigenvalue weighted by Gasteiger charge is -2.37. The molecular weight excluding hydrogens is 206 g/mol. The van der Waals surface area contributed by atoms with Gasteiger partial charge >= 0.3 is 0 Å². The highest BCUT2D eigenvalue weighted by Gasteiger charge is 2.36. The van der Waals surface area contributed by atoms with Crippen molar-refractivity contribution in [3.05, 3.63) is 0 Å². The Morgan fingerprint density at radius 1 is 1.00 bits per heavy atom. The molecule has 0 aromatic rings. The largest absolute Gasteiger partial charge is 0.317 e. The van der Waals surface area contributed by atoms with Gasteiger partial charge in [0.05, 0.1) is 0 Å². The molecule has 2 rings (SSSR count). The molecule has 0 aromatic carbocycles. The maximum absolute atomic E-state index is 3.58. The molecule has 0 aromatic heterocycles. The van der Waals surface area contributed by atoms with Crippen LogP contribution in [-0.4, -0.2) is 13.1 Å². The van der Waals surface area contributed by atoms with Crippen molar-refractivity contribution >= 4 is 0 Å². The topological polar surface area (TPSA) is 12.0 Å². The molecule has 5 unspecified atom stereocenters. The molecule has 17 heavy (non-hydrogen) atoms. The molecule has 5 atom stereocenters. The lowest BCUT2D eigenvalue weighted by molar-refractivity contribution is 0.132. The van der Waals surface area contributed by atoms with E-state index in [9.17, 15) is 0 Å². The molecule has 2 aliphatic rings. The molecule has 2 aliphatic carbocycles. The summed E-state index contributed by atoms with van der Waals surface area (Å²) >= 11 is 0. The first-order valence-electron chi connectivity index (χ1n) is 7.93. The predicted octanol–water partition coefficient (Wildman–Crippen LogP) is 4.08. The zero-order valence-corrected chi connectivity index (χ0v) is 12.0. The highest BCUT2D eigenvalue weighted by molar-refractivity contribution is 4.87. The second-order valence-corrected chi connectivity index (χ2v) is 6.69. The fourth-order valence-corrected chi connectivity index (χ4v) is 4.25. The summed E-state index contributed by atoms with van der Waals surface area (Å²) in [5.41, 5.74) is 0. The standard InChI is InChI=1S/C16H31N/c1-4-17-11-15-6-5-7-16(15)14-9-8-12(2)13(3)10-14/h12-17H,4-11H2,1-3H3. The van der Waals surface area contributed by atoms with Crippen LogP contribution in [0.2, 0.25) is 0 Å². The molecule has 1 nitrogen and oxygen atoms in total. The minimum Gasteiger partial charge on any atom is -0.317 e. The third-order valence-electron chi connectivity index (χ3n) is 5.62. The molecule has 0 amide bonds. The van der Waals surface area contributed by atoms with Gasteiger partial charge in [-0.05, 0) is 68.4 Å². The maximum atomic E-state index is 3.58. The number of nitrogens with one attached hydrogen (secondary N) is 1. The first kappa shape index (κ1) is 13.4. The zero-order valence-electron chi connectivity index (χ0n) is 12.0. The quantitative estimate of drug-likeness (QED) is 0.776. The van der Waals surface area contributed by atoms with Crippen LogP contribution in [-0.2, 0) is 0 Å². The van der Waals surface area contributed by atoms with E-state index in [1.807, 2.05) is 0 Å². The fraction of sp³-hybridized carbons (Fsp3) is 1.00. The van der Waals surface area contributed by atoms with Crippen LogP contribution in [0.4, 0.5) is 0 Å². The Kier molecular flexibility index (Phi) is 4.90. The van der Waals surface area contributed by atoms with Gasteiger partial charge in [0, 0.05) is 0 Å². The predicted molar refractivity (Wildman–Crippen MR) is 75.0 cm³/mol. The van der Waals surface area contributed by atoms with Crippen LogP contribution in [0.1, 0.15) is 59.3 Å². The summed E-state index contributed by atoms with van der Waals surface area (Å²) in [6.07, 6.45) is 8.99. The third kappa shape index (κ3) is 3.24. The maximum Gasteiger partial charge on any atom is -0.00179 e. The summed E-state index contributed by atoms with van der Waals surface area (Å²) in [5, 5.41) is 3.58. The van der Waals surface area contributed by atoms with Gasteiger partial charge in [-0.3, -0.25) is 0 Å². The minimum atomic E-state index is 0.967. The van der Waals surface area contributed by atoms with Crippen molar-refractivity contribution in [2.24, 2.45) is 29.6 Å². The van der Waals surface area contributed by atoms with Gasteiger partial charge in [-0.2, -0.15) is 0 Å². The highest BCUT2D eigenvalue weighted by atomic mass is 14.8. The van der Waals surface area contributed by atoms with Gasteiger partial charge in [0.25, 0.3) is 0 Å². The Labute approximate surface area is 108 Å². The second-order valence-electron chi connectivity index (χ2n) is 6.69. The summed E-state index contributed by atoms with van der Waals surface area (Å²) in [6, 6.07) is 0. The lowest BCUT2D eigenvalue weighted by Crippen LogP contribution is -2.32. The zero-order chi connectivity index (χ0) is 12.3. The second kappa shape index (κ2) is 6.22. The van der Waals surface area contributed by atoms with E-state index < -0.39 is 0 Å². The SMILES string of the molecule is CCNCC1CCCC1C1CCC(C)C(C)C1. The van der Waals surface area contributed by atoms with Crippen molar-refractivity contribution in [3.8, 4) is 0 Å². The molecule has 0 aliphatic heterocycles. The first-order valence-corrected chi connectivity index (χ1v) is 7.93. The van der Waals surface area contributed by atoms with Crippen LogP contribution >= 0.6 is 0 Å². The average molecular weight is 237 g/mol.